The zero-order chi connectivity index (χ0) is 20.7. The van der Waals surface area contributed by atoms with Crippen LogP contribution in [0.4, 0.5) is 0 Å². The molecule has 0 radical (unpaired) electrons. The van der Waals surface area contributed by atoms with Crippen LogP contribution in [0.5, 0.6) is 0 Å². The summed E-state index contributed by atoms with van der Waals surface area (Å²) in [6.07, 6.45) is 8.14. The molecule has 0 aromatic rings. The van der Waals surface area contributed by atoms with Gasteiger partial charge in [-0.25, -0.2) is 0 Å². The number of aliphatic hydroxyl groups excluding tert-OH is 1. The van der Waals surface area contributed by atoms with Crippen LogP contribution in [0.1, 0.15) is 86.0 Å². The summed E-state index contributed by atoms with van der Waals surface area (Å²) in [6.45, 7) is 12.5. The number of allylic oxidation sites excluding steroid dienone is 1. The molecule has 0 heterocycles. The van der Waals surface area contributed by atoms with E-state index in [2.05, 4.69) is 43.0 Å². The van der Waals surface area contributed by atoms with Crippen molar-refractivity contribution in [2.45, 2.75) is 104 Å². The summed E-state index contributed by atoms with van der Waals surface area (Å²) in [5.74, 6) is 0. The van der Waals surface area contributed by atoms with E-state index in [0.717, 1.165) is 58.0 Å². The van der Waals surface area contributed by atoms with Crippen molar-refractivity contribution in [3.63, 3.8) is 0 Å². The molecule has 0 fully saturated rings. The number of hydrogen-bond acceptors (Lipinski definition) is 5. The van der Waals surface area contributed by atoms with Crippen molar-refractivity contribution in [3.8, 4) is 0 Å². The van der Waals surface area contributed by atoms with E-state index in [0.29, 0.717) is 0 Å². The second-order valence-electron chi connectivity index (χ2n) is 7.68. The Balaban J connectivity index is 4.19. The van der Waals surface area contributed by atoms with E-state index in [1.807, 2.05) is 0 Å². The van der Waals surface area contributed by atoms with Gasteiger partial charge in [-0.15, -0.1) is 0 Å². The van der Waals surface area contributed by atoms with E-state index in [1.54, 1.807) is 0 Å². The fourth-order valence-corrected chi connectivity index (χ4v) is 5.11. The minimum absolute atomic E-state index is 0.0501. The van der Waals surface area contributed by atoms with Crippen LogP contribution in [0.15, 0.2) is 11.1 Å². The molecular weight excluding hydrogens is 451 g/mol. The Morgan fingerprint density at radius 1 is 1.04 bits per heavy atom. The minimum atomic E-state index is -0.365. The van der Waals surface area contributed by atoms with Crippen molar-refractivity contribution in [1.29, 1.82) is 0 Å². The molecular formula is C21H46IN4O-. The molecule has 0 aromatic carbocycles. The molecule has 0 bridgehead atoms. The van der Waals surface area contributed by atoms with Crippen molar-refractivity contribution in [2.75, 3.05) is 17.5 Å². The second kappa shape index (κ2) is 17.2. The quantitative estimate of drug-likeness (QED) is 0.0581. The van der Waals surface area contributed by atoms with E-state index < -0.39 is 0 Å². The molecule has 27 heavy (non-hydrogen) atoms. The first kappa shape index (κ1) is 27.3. The van der Waals surface area contributed by atoms with Crippen molar-refractivity contribution in [3.05, 3.63) is 11.1 Å². The number of aliphatic hydroxyl groups is 1. The Kier molecular flexibility index (Phi) is 17.3. The molecule has 0 saturated heterocycles. The third-order valence-electron chi connectivity index (χ3n) is 4.76. The van der Waals surface area contributed by atoms with E-state index in [4.69, 9.17) is 11.5 Å². The van der Waals surface area contributed by atoms with Gasteiger partial charge in [0.25, 0.3) is 0 Å². The number of unbranched alkanes of at least 4 members (excludes halogenated alkanes) is 1. The fourth-order valence-electron chi connectivity index (χ4n) is 3.27. The Labute approximate surface area is 179 Å². The second-order valence-corrected chi connectivity index (χ2v) is 10.1. The third-order valence-corrected chi connectivity index (χ3v) is 7.30. The van der Waals surface area contributed by atoms with E-state index in [-0.39, 0.29) is 39.9 Å². The van der Waals surface area contributed by atoms with Crippen LogP contribution < -0.4 is 36.5 Å². The predicted octanol–water partition coefficient (Wildman–Crippen LogP) is 0.329. The Hall–Kier alpha value is 0.270. The summed E-state index contributed by atoms with van der Waals surface area (Å²) in [5, 5.41) is 10.4. The molecule has 0 aromatic heterocycles. The summed E-state index contributed by atoms with van der Waals surface area (Å²) in [4.78, 5) is 2.13. The molecule has 0 aliphatic rings. The molecule has 0 spiro atoms. The van der Waals surface area contributed by atoms with E-state index in [9.17, 15) is 5.11 Å². The van der Waals surface area contributed by atoms with Gasteiger partial charge in [0.2, 0.25) is 0 Å². The number of nitrogens with one attached hydrogen (secondary N) is 1. The zero-order valence-electron chi connectivity index (χ0n) is 18.4. The summed E-state index contributed by atoms with van der Waals surface area (Å²) in [7, 11) is 0. The topological polar surface area (TPSA) is 87.5 Å². The van der Waals surface area contributed by atoms with Gasteiger partial charge in [0, 0.05) is 0 Å². The third kappa shape index (κ3) is 13.2. The number of rotatable bonds is 17. The number of nitrogens with zero attached hydrogens (tertiary/aromatic N) is 1. The summed E-state index contributed by atoms with van der Waals surface area (Å²) in [5.41, 5.74) is 15.4. The maximum absolute atomic E-state index is 10.4. The molecule has 0 saturated carbocycles. The van der Waals surface area contributed by atoms with E-state index >= 15 is 0 Å². The normalized spacial score (nSPS) is 15.1. The van der Waals surface area contributed by atoms with Crippen LogP contribution in [0.2, 0.25) is 0 Å². The van der Waals surface area contributed by atoms with Crippen LogP contribution in [-0.4, -0.2) is 46.0 Å². The molecule has 0 amide bonds. The average molecular weight is 498 g/mol. The number of nitrogens with two attached hydrogens (primary N) is 2. The number of hydrogen-bond donors (Lipinski definition) is 4. The predicted molar refractivity (Wildman–Crippen MR) is 114 cm³/mol. The standard InChI is InChI=1S/C21H46IN4O/c1-6-9-13-21(27)26(15-8-3)16-20(24)25-22-14-10-12-18(17(4)5)19(23)11-7-2/h19-21,25,27H,6-16,23-24H2,1-5H3/q-1/t19-,20?,21?/m0/s1. The van der Waals surface area contributed by atoms with Gasteiger partial charge in [-0.2, -0.15) is 0 Å². The maximum atomic E-state index is 10.4. The molecule has 0 rings (SSSR count). The average Bonchev–Trinajstić information content (AvgIpc) is 2.61. The van der Waals surface area contributed by atoms with Crippen molar-refractivity contribution in [2.24, 2.45) is 11.5 Å². The van der Waals surface area contributed by atoms with Crippen molar-refractivity contribution < 1.29 is 26.6 Å². The van der Waals surface area contributed by atoms with Gasteiger partial charge in [0.05, 0.1) is 0 Å². The van der Waals surface area contributed by atoms with Gasteiger partial charge in [-0.05, 0) is 0 Å². The molecule has 164 valence electrons. The molecule has 0 aliphatic heterocycles. The molecule has 2 unspecified atom stereocenters. The Morgan fingerprint density at radius 2 is 1.74 bits per heavy atom. The summed E-state index contributed by atoms with van der Waals surface area (Å²) in [6, 6.07) is 0.223. The summed E-state index contributed by atoms with van der Waals surface area (Å²) >= 11 is -0.115. The van der Waals surface area contributed by atoms with Gasteiger partial charge in [-0.1, -0.05) is 0 Å². The van der Waals surface area contributed by atoms with Gasteiger partial charge in [0.1, 0.15) is 0 Å². The van der Waals surface area contributed by atoms with Crippen LogP contribution in [0.25, 0.3) is 0 Å². The molecule has 6 heteroatoms. The monoisotopic (exact) mass is 497 g/mol. The SMILES string of the molecule is CCCCC(O)N(CCC)CC(N)N[I-]CCCC(=C(C)C)[C@@H](N)CCC. The molecule has 0 aliphatic carbocycles. The van der Waals surface area contributed by atoms with Crippen molar-refractivity contribution in [1.82, 2.24) is 8.43 Å². The first-order valence-corrected chi connectivity index (χ1v) is 13.4. The molecule has 3 atom stereocenters. The fraction of sp³-hybridized carbons (Fsp3) is 0.905. The van der Waals surface area contributed by atoms with Gasteiger partial charge >= 0.3 is 180 Å². The number of alkyl halides is 1. The van der Waals surface area contributed by atoms with Gasteiger partial charge < -0.3 is 0 Å². The van der Waals surface area contributed by atoms with Gasteiger partial charge in [-0.3, -0.25) is 0 Å². The van der Waals surface area contributed by atoms with Crippen LogP contribution in [-0.2, 0) is 0 Å². The van der Waals surface area contributed by atoms with Gasteiger partial charge in [0.15, 0.2) is 0 Å². The zero-order valence-corrected chi connectivity index (χ0v) is 20.6. The van der Waals surface area contributed by atoms with Crippen LogP contribution >= 0.6 is 0 Å². The Morgan fingerprint density at radius 3 is 2.30 bits per heavy atom. The number of halogens is 1. The van der Waals surface area contributed by atoms with Crippen molar-refractivity contribution >= 4 is 0 Å². The Bertz CT molecular complexity index is 388. The molecule has 6 N–H and O–H groups in total. The first-order chi connectivity index (χ1) is 12.9. The van der Waals surface area contributed by atoms with Crippen LogP contribution in [0, 0.1) is 0 Å². The molecule has 5 nitrogen and oxygen atoms in total. The first-order valence-electron chi connectivity index (χ1n) is 10.8. The van der Waals surface area contributed by atoms with Crippen LogP contribution in [0.3, 0.4) is 0 Å². The summed E-state index contributed by atoms with van der Waals surface area (Å²) < 4.78 is 4.73. The van der Waals surface area contributed by atoms with E-state index in [1.165, 1.54) is 22.0 Å².